The molecule has 4 heteroatoms. The zero-order valence-corrected chi connectivity index (χ0v) is 39.5. The molecule has 0 spiro atoms. The number of hydrogen-bond donors (Lipinski definition) is 1. The van der Waals surface area contributed by atoms with Crippen molar-refractivity contribution in [3.8, 4) is 89.7 Å². The van der Waals surface area contributed by atoms with Crippen molar-refractivity contribution in [3.63, 3.8) is 0 Å². The Hall–Kier alpha value is -7.82. The van der Waals surface area contributed by atoms with E-state index in [1.807, 2.05) is 86.1 Å². The Balaban J connectivity index is 1.34. The van der Waals surface area contributed by atoms with Crippen molar-refractivity contribution >= 4 is 11.0 Å². The molecule has 68 heavy (non-hydrogen) atoms. The van der Waals surface area contributed by atoms with Crippen LogP contribution in [0.1, 0.15) is 77.5 Å². The molecule has 0 saturated carbocycles. The largest absolute Gasteiger partial charge is 0.507 e. The summed E-state index contributed by atoms with van der Waals surface area (Å²) in [4.78, 5) is 10.5. The van der Waals surface area contributed by atoms with E-state index in [1.54, 1.807) is 12.1 Å². The van der Waals surface area contributed by atoms with E-state index in [9.17, 15) is 7.85 Å². The first-order valence-corrected chi connectivity index (χ1v) is 22.8. The van der Waals surface area contributed by atoms with Gasteiger partial charge in [-0.15, -0.1) is 0 Å². The molecular formula is C64H57N3O. The summed E-state index contributed by atoms with van der Waals surface area (Å²) in [6, 6.07) is 35.9. The first-order valence-electron chi connectivity index (χ1n) is 27.8. The van der Waals surface area contributed by atoms with Crippen LogP contribution in [0.5, 0.6) is 5.75 Å². The van der Waals surface area contributed by atoms with Crippen molar-refractivity contribution in [1.82, 2.24) is 14.5 Å². The summed E-state index contributed by atoms with van der Waals surface area (Å²) in [5.41, 5.74) is 11.8. The van der Waals surface area contributed by atoms with Crippen molar-refractivity contribution in [3.05, 3.63) is 216 Å². The van der Waals surface area contributed by atoms with E-state index in [0.29, 0.717) is 22.2 Å². The van der Waals surface area contributed by atoms with Gasteiger partial charge >= 0.3 is 0 Å². The third-order valence-electron chi connectivity index (χ3n) is 12.7. The van der Waals surface area contributed by atoms with Gasteiger partial charge in [-0.25, -0.2) is 4.98 Å². The molecule has 1 N–H and O–H groups in total. The Kier molecular flexibility index (Phi) is 8.62. The quantitative estimate of drug-likeness (QED) is 0.165. The molecule has 0 aliphatic rings. The van der Waals surface area contributed by atoms with Gasteiger partial charge in [0, 0.05) is 28.5 Å². The number of hydrogen-bond acceptors (Lipinski definition) is 3. The number of fused-ring (bicyclic) bond motifs is 1. The fourth-order valence-corrected chi connectivity index (χ4v) is 9.17. The van der Waals surface area contributed by atoms with Gasteiger partial charge in [0.1, 0.15) is 11.6 Å². The van der Waals surface area contributed by atoms with Gasteiger partial charge in [0.15, 0.2) is 0 Å². The zero-order valence-electron chi connectivity index (χ0n) is 49.5. The maximum Gasteiger partial charge on any atom is 0.149 e. The first kappa shape index (κ1) is 33.6. The van der Waals surface area contributed by atoms with Crippen LogP contribution in [-0.2, 0) is 10.8 Å². The zero-order chi connectivity index (χ0) is 56.0. The van der Waals surface area contributed by atoms with Gasteiger partial charge in [-0.1, -0.05) is 175 Å². The molecule has 0 saturated heterocycles. The predicted molar refractivity (Wildman–Crippen MR) is 285 cm³/mol. The van der Waals surface area contributed by atoms with E-state index in [4.69, 9.17) is 20.9 Å². The van der Waals surface area contributed by atoms with Crippen LogP contribution in [0.2, 0.25) is 0 Å². The molecule has 0 bridgehead atoms. The van der Waals surface area contributed by atoms with E-state index in [2.05, 4.69) is 89.2 Å². The Labute approximate surface area is 415 Å². The standard InChI is InChI=1S/C64H57N3O/c1-41-20-18-21-42(2)59(41)47-32-33-65-56(38-47)50-35-48(44-24-14-10-15-25-44)34-49(36-50)52-28-19-29-58-60(52)66-62(54-39-51(63(3,4)5)40-55(61(54)68)64(6,7)8)67(58)57-31-30-46(43-22-12-9-13-23-43)37-53(57)45-26-16-11-17-27-45/h9-40,68H,1-8H3/i9D,11D,12D,13D,16D,17D,22D,23D,26D,27D. The van der Waals surface area contributed by atoms with Crippen LogP contribution in [0.15, 0.2) is 194 Å². The fourth-order valence-electron chi connectivity index (χ4n) is 9.17. The smallest absolute Gasteiger partial charge is 0.149 e. The summed E-state index contributed by atoms with van der Waals surface area (Å²) in [5, 5.41) is 12.7. The first-order chi connectivity index (χ1) is 36.9. The lowest BCUT2D eigenvalue weighted by atomic mass is 9.79. The van der Waals surface area contributed by atoms with Crippen molar-refractivity contribution in [2.75, 3.05) is 0 Å². The number of aromatic hydroxyl groups is 1. The number of para-hydroxylation sites is 1. The number of phenolic OH excluding ortho intramolecular Hbond substituents is 1. The van der Waals surface area contributed by atoms with E-state index in [-0.39, 0.29) is 39.5 Å². The normalized spacial score (nSPS) is 13.9. The van der Waals surface area contributed by atoms with Crippen LogP contribution >= 0.6 is 0 Å². The summed E-state index contributed by atoms with van der Waals surface area (Å²) in [5.74, 6) is 0.259. The third kappa shape index (κ3) is 8.32. The lowest BCUT2D eigenvalue weighted by Gasteiger charge is -2.27. The molecular weight excluding hydrogens is 827 g/mol. The Morgan fingerprint density at radius 1 is 0.500 bits per heavy atom. The minimum atomic E-state index is -0.599. The highest BCUT2D eigenvalue weighted by atomic mass is 16.3. The highest BCUT2D eigenvalue weighted by Gasteiger charge is 2.29. The molecule has 2 aromatic heterocycles. The van der Waals surface area contributed by atoms with Crippen molar-refractivity contribution in [1.29, 1.82) is 0 Å². The number of rotatable bonds is 8. The molecule has 0 atom stereocenters. The van der Waals surface area contributed by atoms with E-state index < -0.39 is 71.3 Å². The molecule has 334 valence electrons. The average molecular weight is 894 g/mol. The van der Waals surface area contributed by atoms with Crippen molar-refractivity contribution < 1.29 is 18.8 Å². The minimum absolute atomic E-state index is 0.0167. The Morgan fingerprint density at radius 2 is 1.16 bits per heavy atom. The minimum Gasteiger partial charge on any atom is -0.507 e. The van der Waals surface area contributed by atoms with Gasteiger partial charge in [0.25, 0.3) is 0 Å². The van der Waals surface area contributed by atoms with E-state index in [0.717, 1.165) is 61.3 Å². The van der Waals surface area contributed by atoms with Crippen molar-refractivity contribution in [2.45, 2.75) is 66.2 Å². The Morgan fingerprint density at radius 3 is 1.85 bits per heavy atom. The van der Waals surface area contributed by atoms with Crippen LogP contribution in [0.25, 0.3) is 95.0 Å². The molecule has 2 heterocycles. The van der Waals surface area contributed by atoms with Crippen LogP contribution in [-0.4, -0.2) is 19.6 Å². The molecule has 0 amide bonds. The highest BCUT2D eigenvalue weighted by Crippen LogP contribution is 2.46. The molecule has 10 rings (SSSR count). The SMILES string of the molecule is [2H]c1c([2H])c([2H])c(-c2ccc(-n3c(-c4cc(C(C)(C)C)cc(C(C)(C)C)c4O)nc4c(-c5cc(-c6ccccc6)cc(-c6cc(-c7c(C)cccc7C)ccn6)c5)cccc43)c(-c3c([2H])c([2H])c([2H])c([2H])c3[2H])c2)c([2H])c1[2H]. The number of aryl methyl sites for hydroxylation is 2. The topological polar surface area (TPSA) is 50.9 Å². The van der Waals surface area contributed by atoms with Gasteiger partial charge in [-0.3, -0.25) is 9.55 Å². The second-order valence-corrected chi connectivity index (χ2v) is 19.5. The number of pyridine rings is 1. The maximum absolute atomic E-state index is 12.7. The van der Waals surface area contributed by atoms with Crippen LogP contribution in [0.4, 0.5) is 0 Å². The van der Waals surface area contributed by atoms with E-state index in [1.165, 1.54) is 6.07 Å². The van der Waals surface area contributed by atoms with Gasteiger partial charge in [0.05, 0.1) is 41.7 Å². The van der Waals surface area contributed by atoms with Gasteiger partial charge in [-0.2, -0.15) is 0 Å². The summed E-state index contributed by atoms with van der Waals surface area (Å²) >= 11 is 0. The molecule has 0 fully saturated rings. The van der Waals surface area contributed by atoms with Crippen LogP contribution in [0.3, 0.4) is 0 Å². The lowest BCUT2D eigenvalue weighted by Crippen LogP contribution is -2.17. The van der Waals surface area contributed by atoms with Gasteiger partial charge < -0.3 is 5.11 Å². The average Bonchev–Trinajstić information content (AvgIpc) is 3.94. The molecule has 4 nitrogen and oxygen atoms in total. The summed E-state index contributed by atoms with van der Waals surface area (Å²) in [6.45, 7) is 16.6. The number of aromatic nitrogens is 3. The molecule has 8 aromatic carbocycles. The summed E-state index contributed by atoms with van der Waals surface area (Å²) in [6.07, 6.45) is 1.83. The predicted octanol–water partition coefficient (Wildman–Crippen LogP) is 17.0. The lowest BCUT2D eigenvalue weighted by molar-refractivity contribution is 0.446. The number of imidazole rings is 1. The second-order valence-electron chi connectivity index (χ2n) is 19.5. The van der Waals surface area contributed by atoms with Crippen molar-refractivity contribution in [2.24, 2.45) is 0 Å². The molecule has 10 aromatic rings. The van der Waals surface area contributed by atoms with Crippen LogP contribution < -0.4 is 0 Å². The number of benzene rings is 8. The summed E-state index contributed by atoms with van der Waals surface area (Å²) < 4.78 is 90.3. The fraction of sp³-hybridized carbons (Fsp3) is 0.156. The molecule has 0 radical (unpaired) electrons. The molecule has 0 aliphatic heterocycles. The number of phenols is 1. The molecule has 0 aliphatic carbocycles. The van der Waals surface area contributed by atoms with E-state index >= 15 is 0 Å². The highest BCUT2D eigenvalue weighted by molar-refractivity contribution is 5.99. The van der Waals surface area contributed by atoms with Gasteiger partial charge in [0.2, 0.25) is 0 Å². The third-order valence-corrected chi connectivity index (χ3v) is 12.7. The molecule has 0 unspecified atom stereocenters. The second kappa shape index (κ2) is 17.4. The summed E-state index contributed by atoms with van der Waals surface area (Å²) in [7, 11) is 0. The van der Waals surface area contributed by atoms with Crippen LogP contribution in [0, 0.1) is 13.8 Å². The van der Waals surface area contributed by atoms with Gasteiger partial charge in [-0.05, 0) is 140 Å². The monoisotopic (exact) mass is 894 g/mol. The Bertz CT molecular complexity index is 4020. The maximum atomic E-state index is 12.7. The number of nitrogens with zero attached hydrogens (tertiary/aromatic N) is 3.